The molecule has 3 aromatic rings. The average Bonchev–Trinajstić information content (AvgIpc) is 2.75. The number of aryl methyl sites for hydroxylation is 1. The molecule has 4 nitrogen and oxygen atoms in total. The zero-order valence-corrected chi connectivity index (χ0v) is 18.6. The van der Waals surface area contributed by atoms with Crippen LogP contribution in [0.2, 0.25) is 10.0 Å². The fourth-order valence-corrected chi connectivity index (χ4v) is 3.20. The summed E-state index contributed by atoms with van der Waals surface area (Å²) in [6.07, 6.45) is 1.46. The van der Waals surface area contributed by atoms with Crippen molar-refractivity contribution >= 4 is 40.9 Å². The Morgan fingerprint density at radius 1 is 1.10 bits per heavy atom. The van der Waals surface area contributed by atoms with Crippen LogP contribution in [0.5, 0.6) is 5.75 Å². The Labute approximate surface area is 191 Å². The van der Waals surface area contributed by atoms with Gasteiger partial charge in [-0.25, -0.2) is 0 Å². The van der Waals surface area contributed by atoms with Crippen molar-refractivity contribution in [1.82, 2.24) is 0 Å². The topological polar surface area (TPSA) is 62.1 Å². The highest BCUT2D eigenvalue weighted by molar-refractivity contribution is 6.32. The summed E-state index contributed by atoms with van der Waals surface area (Å²) < 4.78 is 5.93. The van der Waals surface area contributed by atoms with Crippen molar-refractivity contribution in [2.24, 2.45) is 0 Å². The first-order chi connectivity index (χ1) is 14.9. The maximum Gasteiger partial charge on any atom is 0.266 e. The lowest BCUT2D eigenvalue weighted by atomic mass is 10.1. The first-order valence-electron chi connectivity index (χ1n) is 9.53. The highest BCUT2D eigenvalue weighted by atomic mass is 35.5. The normalized spacial score (nSPS) is 11.0. The van der Waals surface area contributed by atoms with Gasteiger partial charge < -0.3 is 10.1 Å². The molecule has 0 bridgehead atoms. The summed E-state index contributed by atoms with van der Waals surface area (Å²) in [4.78, 5) is 12.7. The van der Waals surface area contributed by atoms with Gasteiger partial charge in [-0.05, 0) is 61.4 Å². The Morgan fingerprint density at radius 2 is 1.84 bits per heavy atom. The summed E-state index contributed by atoms with van der Waals surface area (Å²) in [5.74, 6) is -0.0261. The number of halogens is 2. The zero-order chi connectivity index (χ0) is 22.4. The molecule has 1 N–H and O–H groups in total. The van der Waals surface area contributed by atoms with Gasteiger partial charge in [0.05, 0.1) is 0 Å². The minimum Gasteiger partial charge on any atom is -0.488 e. The van der Waals surface area contributed by atoms with E-state index in [0.29, 0.717) is 33.7 Å². The van der Waals surface area contributed by atoms with E-state index in [0.717, 1.165) is 11.1 Å². The standard InChI is InChI=1S/C25H20Cl2N2O2/c1-16-6-8-18(9-7-16)15-31-24-11-10-21(26)13-19(24)12-20(14-28)25(30)29-23-5-3-4-22(27)17(23)2/h3-13H,15H2,1-2H3,(H,29,30)/b20-12+. The van der Waals surface area contributed by atoms with Crippen molar-refractivity contribution in [3.63, 3.8) is 0 Å². The molecule has 0 aliphatic rings. The molecular weight excluding hydrogens is 431 g/mol. The number of hydrogen-bond acceptors (Lipinski definition) is 3. The van der Waals surface area contributed by atoms with E-state index in [-0.39, 0.29) is 5.57 Å². The van der Waals surface area contributed by atoms with Crippen molar-refractivity contribution in [1.29, 1.82) is 5.26 Å². The average molecular weight is 451 g/mol. The number of hydrogen-bond donors (Lipinski definition) is 1. The largest absolute Gasteiger partial charge is 0.488 e. The molecule has 0 aromatic heterocycles. The van der Waals surface area contributed by atoms with Crippen LogP contribution in [0.15, 0.2) is 66.2 Å². The fraction of sp³-hybridized carbons (Fsp3) is 0.120. The van der Waals surface area contributed by atoms with Crippen molar-refractivity contribution in [2.75, 3.05) is 5.32 Å². The molecule has 0 heterocycles. The third kappa shape index (κ3) is 5.88. The molecule has 3 rings (SSSR count). The molecule has 0 saturated carbocycles. The molecule has 0 aliphatic heterocycles. The molecule has 31 heavy (non-hydrogen) atoms. The van der Waals surface area contributed by atoms with Gasteiger partial charge in [0.15, 0.2) is 0 Å². The van der Waals surface area contributed by atoms with Crippen LogP contribution >= 0.6 is 23.2 Å². The SMILES string of the molecule is Cc1ccc(COc2ccc(Cl)cc2/C=C(\C#N)C(=O)Nc2cccc(Cl)c2C)cc1. The summed E-state index contributed by atoms with van der Waals surface area (Å²) in [7, 11) is 0. The number of anilines is 1. The third-order valence-corrected chi connectivity index (χ3v) is 5.31. The van der Waals surface area contributed by atoms with Gasteiger partial charge in [-0.2, -0.15) is 5.26 Å². The van der Waals surface area contributed by atoms with Crippen molar-refractivity contribution in [3.8, 4) is 11.8 Å². The van der Waals surface area contributed by atoms with Crippen molar-refractivity contribution in [3.05, 3.63) is 98.5 Å². The molecule has 0 aliphatic carbocycles. The van der Waals surface area contributed by atoms with Gasteiger partial charge in [0.1, 0.15) is 24.0 Å². The molecule has 1 amide bonds. The molecular formula is C25H20Cl2N2O2. The van der Waals surface area contributed by atoms with Crippen LogP contribution in [-0.2, 0) is 11.4 Å². The van der Waals surface area contributed by atoms with Gasteiger partial charge in [-0.1, -0.05) is 59.1 Å². The molecule has 0 fully saturated rings. The van der Waals surface area contributed by atoms with Crippen molar-refractivity contribution in [2.45, 2.75) is 20.5 Å². The summed E-state index contributed by atoms with van der Waals surface area (Å²) in [6.45, 7) is 4.16. The van der Waals surface area contributed by atoms with Crippen LogP contribution in [0.1, 0.15) is 22.3 Å². The Hall–Kier alpha value is -3.26. The molecule has 0 radical (unpaired) electrons. The number of carbonyl (C=O) groups is 1. The lowest BCUT2D eigenvalue weighted by Gasteiger charge is -2.11. The summed E-state index contributed by atoms with van der Waals surface area (Å²) in [5, 5.41) is 13.3. The van der Waals surface area contributed by atoms with Gasteiger partial charge in [0, 0.05) is 21.3 Å². The number of carbonyl (C=O) groups excluding carboxylic acids is 1. The Morgan fingerprint density at radius 3 is 2.55 bits per heavy atom. The van der Waals surface area contributed by atoms with Gasteiger partial charge in [-0.15, -0.1) is 0 Å². The lowest BCUT2D eigenvalue weighted by molar-refractivity contribution is -0.112. The Bertz CT molecular complexity index is 1180. The van der Waals surface area contributed by atoms with E-state index in [4.69, 9.17) is 27.9 Å². The van der Waals surface area contributed by atoms with Crippen LogP contribution in [0.4, 0.5) is 5.69 Å². The first-order valence-corrected chi connectivity index (χ1v) is 10.3. The van der Waals surface area contributed by atoms with Gasteiger partial charge in [-0.3, -0.25) is 4.79 Å². The molecule has 3 aromatic carbocycles. The van der Waals surface area contributed by atoms with E-state index >= 15 is 0 Å². The van der Waals surface area contributed by atoms with Crippen LogP contribution in [0.25, 0.3) is 6.08 Å². The molecule has 0 saturated heterocycles. The zero-order valence-electron chi connectivity index (χ0n) is 17.1. The Balaban J connectivity index is 1.84. The number of benzene rings is 3. The van der Waals surface area contributed by atoms with Gasteiger partial charge >= 0.3 is 0 Å². The lowest BCUT2D eigenvalue weighted by Crippen LogP contribution is -2.14. The predicted molar refractivity (Wildman–Crippen MR) is 125 cm³/mol. The van der Waals surface area contributed by atoms with Gasteiger partial charge in [0.2, 0.25) is 0 Å². The molecule has 0 atom stereocenters. The van der Waals surface area contributed by atoms with E-state index in [1.807, 2.05) is 37.3 Å². The van der Waals surface area contributed by atoms with E-state index in [9.17, 15) is 10.1 Å². The second-order valence-corrected chi connectivity index (χ2v) is 7.84. The minimum absolute atomic E-state index is 0.0816. The quantitative estimate of drug-likeness (QED) is 0.334. The summed E-state index contributed by atoms with van der Waals surface area (Å²) in [6, 6.07) is 20.2. The Kier molecular flexibility index (Phi) is 7.36. The number of nitriles is 1. The van der Waals surface area contributed by atoms with Crippen LogP contribution in [0.3, 0.4) is 0 Å². The summed E-state index contributed by atoms with van der Waals surface area (Å²) in [5.41, 5.74) is 3.89. The first kappa shape index (κ1) is 22.4. The number of nitrogens with one attached hydrogen (secondary N) is 1. The maximum absolute atomic E-state index is 12.7. The fourth-order valence-electron chi connectivity index (χ4n) is 2.85. The number of amides is 1. The smallest absolute Gasteiger partial charge is 0.266 e. The second kappa shape index (κ2) is 10.2. The van der Waals surface area contributed by atoms with Gasteiger partial charge in [0.25, 0.3) is 5.91 Å². The molecule has 0 spiro atoms. The molecule has 0 unspecified atom stereocenters. The minimum atomic E-state index is -0.544. The monoisotopic (exact) mass is 450 g/mol. The van der Waals surface area contributed by atoms with Crippen LogP contribution in [0, 0.1) is 25.2 Å². The number of nitrogens with zero attached hydrogens (tertiary/aromatic N) is 1. The third-order valence-electron chi connectivity index (χ3n) is 4.67. The highest BCUT2D eigenvalue weighted by Gasteiger charge is 2.14. The second-order valence-electron chi connectivity index (χ2n) is 6.99. The summed E-state index contributed by atoms with van der Waals surface area (Å²) >= 11 is 12.3. The van der Waals surface area contributed by atoms with Crippen molar-refractivity contribution < 1.29 is 9.53 Å². The molecule has 6 heteroatoms. The van der Waals surface area contributed by atoms with E-state index in [1.165, 1.54) is 11.6 Å². The highest BCUT2D eigenvalue weighted by Crippen LogP contribution is 2.27. The van der Waals surface area contributed by atoms with Crippen LogP contribution < -0.4 is 10.1 Å². The molecule has 156 valence electrons. The number of ether oxygens (including phenoxy) is 1. The predicted octanol–water partition coefficient (Wildman–Crippen LogP) is 6.73. The van der Waals surface area contributed by atoms with E-state index in [1.54, 1.807) is 43.3 Å². The maximum atomic E-state index is 12.7. The van der Waals surface area contributed by atoms with E-state index < -0.39 is 5.91 Å². The van der Waals surface area contributed by atoms with E-state index in [2.05, 4.69) is 5.32 Å². The number of rotatable bonds is 6. The van der Waals surface area contributed by atoms with Crippen LogP contribution in [-0.4, -0.2) is 5.91 Å².